The summed E-state index contributed by atoms with van der Waals surface area (Å²) in [6.07, 6.45) is 2.94. The average Bonchev–Trinajstić information content (AvgIpc) is 3.20. The zero-order valence-electron chi connectivity index (χ0n) is 16.6. The first-order chi connectivity index (χ1) is 14.1. The van der Waals surface area contributed by atoms with Gasteiger partial charge in [-0.05, 0) is 68.0 Å². The smallest absolute Gasteiger partial charge is 0.231 e. The molecule has 2 aliphatic rings. The molecule has 29 heavy (non-hydrogen) atoms. The lowest BCUT2D eigenvalue weighted by Gasteiger charge is -2.27. The first kappa shape index (κ1) is 19.3. The molecular weight excluding hydrogens is 368 g/mol. The second-order valence-corrected chi connectivity index (χ2v) is 7.81. The molecule has 0 radical (unpaired) electrons. The summed E-state index contributed by atoms with van der Waals surface area (Å²) in [5.41, 5.74) is 2.93. The maximum Gasteiger partial charge on any atom is 0.231 e. The van der Waals surface area contributed by atoms with Gasteiger partial charge < -0.3 is 20.1 Å². The van der Waals surface area contributed by atoms with Crippen LogP contribution in [-0.2, 0) is 16.1 Å². The number of anilines is 1. The van der Waals surface area contributed by atoms with E-state index >= 15 is 0 Å². The summed E-state index contributed by atoms with van der Waals surface area (Å²) in [6, 6.07) is 13.5. The highest BCUT2D eigenvalue weighted by Crippen LogP contribution is 2.33. The zero-order chi connectivity index (χ0) is 20.2. The van der Waals surface area contributed by atoms with E-state index in [1.165, 1.54) is 0 Å². The lowest BCUT2D eigenvalue weighted by Crippen LogP contribution is -2.35. The number of fused-ring (bicyclic) bond motifs is 1. The van der Waals surface area contributed by atoms with Crippen molar-refractivity contribution in [2.24, 2.45) is 11.8 Å². The van der Waals surface area contributed by atoms with Crippen LogP contribution in [0.5, 0.6) is 11.5 Å². The third-order valence-electron chi connectivity index (χ3n) is 5.66. The molecule has 0 bridgehead atoms. The Morgan fingerprint density at radius 2 is 1.66 bits per heavy atom. The van der Waals surface area contributed by atoms with Gasteiger partial charge in [-0.1, -0.05) is 18.2 Å². The molecule has 1 heterocycles. The fourth-order valence-electron chi connectivity index (χ4n) is 3.97. The first-order valence-corrected chi connectivity index (χ1v) is 10.1. The van der Waals surface area contributed by atoms with Gasteiger partial charge in [-0.15, -0.1) is 0 Å². The molecule has 0 aromatic heterocycles. The molecule has 0 spiro atoms. The van der Waals surface area contributed by atoms with E-state index in [1.807, 2.05) is 49.4 Å². The maximum absolute atomic E-state index is 12.5. The summed E-state index contributed by atoms with van der Waals surface area (Å²) >= 11 is 0. The standard InChI is InChI=1S/C23H26N2O4/c1-15-3-2-4-19(11-15)25-23(27)18-8-6-17(7-9-18)22(26)24-13-16-5-10-20-21(12-16)29-14-28-20/h2-5,10-12,17-18H,6-9,13-14H2,1H3,(H,24,26)(H,25,27). The molecule has 1 aliphatic carbocycles. The highest BCUT2D eigenvalue weighted by atomic mass is 16.7. The van der Waals surface area contributed by atoms with E-state index in [0.717, 1.165) is 54.0 Å². The number of carbonyl (C=O) groups excluding carboxylic acids is 2. The Labute approximate surface area is 170 Å². The van der Waals surface area contributed by atoms with Crippen LogP contribution in [0, 0.1) is 18.8 Å². The van der Waals surface area contributed by atoms with Gasteiger partial charge in [0.15, 0.2) is 11.5 Å². The molecule has 1 fully saturated rings. The number of ether oxygens (including phenoxy) is 2. The van der Waals surface area contributed by atoms with Crippen LogP contribution in [0.2, 0.25) is 0 Å². The highest BCUT2D eigenvalue weighted by Gasteiger charge is 2.30. The normalized spacial score (nSPS) is 20.2. The van der Waals surface area contributed by atoms with Crippen LogP contribution in [0.25, 0.3) is 0 Å². The molecule has 152 valence electrons. The van der Waals surface area contributed by atoms with Gasteiger partial charge in [-0.2, -0.15) is 0 Å². The number of hydrogen-bond donors (Lipinski definition) is 2. The predicted octanol–water partition coefficient (Wildman–Crippen LogP) is 3.79. The van der Waals surface area contributed by atoms with Crippen LogP contribution in [0.15, 0.2) is 42.5 Å². The van der Waals surface area contributed by atoms with Gasteiger partial charge in [0.1, 0.15) is 0 Å². The van der Waals surface area contributed by atoms with Gasteiger partial charge in [0, 0.05) is 24.1 Å². The van der Waals surface area contributed by atoms with E-state index < -0.39 is 0 Å². The minimum atomic E-state index is -0.0352. The first-order valence-electron chi connectivity index (χ1n) is 10.1. The Bertz CT molecular complexity index is 904. The van der Waals surface area contributed by atoms with Crippen LogP contribution < -0.4 is 20.1 Å². The quantitative estimate of drug-likeness (QED) is 0.809. The Kier molecular flexibility index (Phi) is 5.69. The molecule has 1 saturated carbocycles. The van der Waals surface area contributed by atoms with Crippen molar-refractivity contribution in [3.63, 3.8) is 0 Å². The number of hydrogen-bond acceptors (Lipinski definition) is 4. The van der Waals surface area contributed by atoms with Crippen molar-refractivity contribution in [3.8, 4) is 11.5 Å². The maximum atomic E-state index is 12.5. The largest absolute Gasteiger partial charge is 0.454 e. The zero-order valence-corrected chi connectivity index (χ0v) is 16.6. The predicted molar refractivity (Wildman–Crippen MR) is 110 cm³/mol. The van der Waals surface area contributed by atoms with Crippen LogP contribution in [0.3, 0.4) is 0 Å². The Hall–Kier alpha value is -3.02. The number of aryl methyl sites for hydroxylation is 1. The molecule has 2 amide bonds. The number of benzene rings is 2. The van der Waals surface area contributed by atoms with Crippen molar-refractivity contribution in [1.82, 2.24) is 5.32 Å². The molecule has 4 rings (SSSR count). The van der Waals surface area contributed by atoms with Crippen molar-refractivity contribution in [1.29, 1.82) is 0 Å². The lowest BCUT2D eigenvalue weighted by atomic mass is 9.81. The van der Waals surface area contributed by atoms with E-state index in [4.69, 9.17) is 9.47 Å². The SMILES string of the molecule is Cc1cccc(NC(=O)C2CCC(C(=O)NCc3ccc4c(c3)OCO4)CC2)c1. The summed E-state index contributed by atoms with van der Waals surface area (Å²) in [5.74, 6) is 1.50. The van der Waals surface area contributed by atoms with Gasteiger partial charge in [0.2, 0.25) is 18.6 Å². The second kappa shape index (κ2) is 8.55. The molecule has 6 heteroatoms. The summed E-state index contributed by atoms with van der Waals surface area (Å²) in [6.45, 7) is 2.71. The Balaban J connectivity index is 1.23. The Morgan fingerprint density at radius 3 is 2.41 bits per heavy atom. The van der Waals surface area contributed by atoms with Crippen LogP contribution in [-0.4, -0.2) is 18.6 Å². The number of rotatable bonds is 5. The number of carbonyl (C=O) groups is 2. The monoisotopic (exact) mass is 394 g/mol. The number of amides is 2. The Morgan fingerprint density at radius 1 is 0.931 bits per heavy atom. The van der Waals surface area contributed by atoms with E-state index in [1.54, 1.807) is 0 Å². The number of nitrogens with one attached hydrogen (secondary N) is 2. The highest BCUT2D eigenvalue weighted by molar-refractivity contribution is 5.92. The third-order valence-corrected chi connectivity index (χ3v) is 5.66. The molecule has 0 unspecified atom stereocenters. The van der Waals surface area contributed by atoms with Crippen molar-refractivity contribution in [2.45, 2.75) is 39.2 Å². The molecule has 2 N–H and O–H groups in total. The molecule has 2 aromatic rings. The summed E-state index contributed by atoms with van der Waals surface area (Å²) in [4.78, 5) is 25.1. The van der Waals surface area contributed by atoms with E-state index in [-0.39, 0.29) is 30.4 Å². The fraction of sp³-hybridized carbons (Fsp3) is 0.391. The minimum absolute atomic E-state index is 0.0339. The topological polar surface area (TPSA) is 76.7 Å². The van der Waals surface area contributed by atoms with Crippen molar-refractivity contribution in [3.05, 3.63) is 53.6 Å². The lowest BCUT2D eigenvalue weighted by molar-refractivity contribution is -0.128. The van der Waals surface area contributed by atoms with Crippen molar-refractivity contribution in [2.75, 3.05) is 12.1 Å². The van der Waals surface area contributed by atoms with Gasteiger partial charge in [0.25, 0.3) is 0 Å². The van der Waals surface area contributed by atoms with E-state index in [2.05, 4.69) is 10.6 Å². The van der Waals surface area contributed by atoms with Crippen LogP contribution >= 0.6 is 0 Å². The average molecular weight is 394 g/mol. The van der Waals surface area contributed by atoms with Crippen LogP contribution in [0.4, 0.5) is 5.69 Å². The van der Waals surface area contributed by atoms with E-state index in [9.17, 15) is 9.59 Å². The minimum Gasteiger partial charge on any atom is -0.454 e. The fourth-order valence-corrected chi connectivity index (χ4v) is 3.97. The summed E-state index contributed by atoms with van der Waals surface area (Å²) in [5, 5.41) is 6.02. The molecule has 0 atom stereocenters. The second-order valence-electron chi connectivity index (χ2n) is 7.81. The molecule has 2 aromatic carbocycles. The summed E-state index contributed by atoms with van der Waals surface area (Å²) < 4.78 is 10.7. The molecular formula is C23H26N2O4. The van der Waals surface area contributed by atoms with Gasteiger partial charge in [-0.3, -0.25) is 9.59 Å². The molecule has 1 aliphatic heterocycles. The molecule has 0 saturated heterocycles. The van der Waals surface area contributed by atoms with Gasteiger partial charge in [-0.25, -0.2) is 0 Å². The summed E-state index contributed by atoms with van der Waals surface area (Å²) in [7, 11) is 0. The van der Waals surface area contributed by atoms with Crippen LogP contribution in [0.1, 0.15) is 36.8 Å². The third kappa shape index (κ3) is 4.70. The van der Waals surface area contributed by atoms with E-state index in [0.29, 0.717) is 6.54 Å². The molecule has 6 nitrogen and oxygen atoms in total. The van der Waals surface area contributed by atoms with Gasteiger partial charge >= 0.3 is 0 Å². The van der Waals surface area contributed by atoms with Gasteiger partial charge in [0.05, 0.1) is 0 Å². The van der Waals surface area contributed by atoms with Crippen molar-refractivity contribution < 1.29 is 19.1 Å². The van der Waals surface area contributed by atoms with Crippen molar-refractivity contribution >= 4 is 17.5 Å².